The molecule has 0 aliphatic heterocycles. The Labute approximate surface area is 155 Å². The van der Waals surface area contributed by atoms with Gasteiger partial charge in [-0.05, 0) is 52.7 Å². The molecule has 0 aliphatic rings. The summed E-state index contributed by atoms with van der Waals surface area (Å²) in [5.74, 6) is -0.592. The van der Waals surface area contributed by atoms with E-state index in [1.165, 1.54) is 0 Å². The zero-order valence-corrected chi connectivity index (χ0v) is 16.1. The van der Waals surface area contributed by atoms with Crippen LogP contribution in [0.5, 0.6) is 5.75 Å². The van der Waals surface area contributed by atoms with Crippen molar-refractivity contribution in [2.45, 2.75) is 40.5 Å². The molecule has 6 nitrogen and oxygen atoms in total. The highest BCUT2D eigenvalue weighted by molar-refractivity contribution is 5.78. The summed E-state index contributed by atoms with van der Waals surface area (Å²) in [7, 11) is 0. The summed E-state index contributed by atoms with van der Waals surface area (Å²) < 4.78 is 16.3. The highest BCUT2D eigenvalue weighted by Gasteiger charge is 2.29. The van der Waals surface area contributed by atoms with Crippen molar-refractivity contribution >= 4 is 11.9 Å². The van der Waals surface area contributed by atoms with Gasteiger partial charge in [0.2, 0.25) is 0 Å². The Balaban J connectivity index is 2.16. The lowest BCUT2D eigenvalue weighted by Crippen LogP contribution is -2.30. The second kappa shape index (κ2) is 10.3. The molecule has 1 aromatic carbocycles. The number of aliphatic carboxylic acids is 1. The van der Waals surface area contributed by atoms with Gasteiger partial charge < -0.3 is 19.3 Å². The summed E-state index contributed by atoms with van der Waals surface area (Å²) in [6.45, 7) is 8.58. The molecule has 0 spiro atoms. The topological polar surface area (TPSA) is 82.1 Å². The van der Waals surface area contributed by atoms with Crippen molar-refractivity contribution in [1.29, 1.82) is 0 Å². The van der Waals surface area contributed by atoms with E-state index in [-0.39, 0.29) is 5.97 Å². The molecule has 0 amide bonds. The van der Waals surface area contributed by atoms with Gasteiger partial charge in [0.05, 0.1) is 24.0 Å². The summed E-state index contributed by atoms with van der Waals surface area (Å²) >= 11 is 0. The molecule has 1 N–H and O–H groups in total. The van der Waals surface area contributed by atoms with Crippen molar-refractivity contribution in [3.8, 4) is 5.75 Å². The molecule has 1 aromatic rings. The van der Waals surface area contributed by atoms with Crippen LogP contribution in [-0.4, -0.2) is 43.5 Å². The minimum absolute atomic E-state index is 0.292. The molecule has 1 rings (SSSR count). The first kappa shape index (κ1) is 22.1. The number of rotatable bonds is 12. The van der Waals surface area contributed by atoms with Crippen LogP contribution in [0.3, 0.4) is 0 Å². The third-order valence-electron chi connectivity index (χ3n) is 4.20. The number of hydrogen-bond acceptors (Lipinski definition) is 5. The largest absolute Gasteiger partial charge is 0.481 e. The molecule has 0 unspecified atom stereocenters. The van der Waals surface area contributed by atoms with Crippen LogP contribution in [0.2, 0.25) is 0 Å². The number of carbonyl (C=O) groups is 2. The molecule has 0 aliphatic carbocycles. The van der Waals surface area contributed by atoms with Crippen LogP contribution in [0.15, 0.2) is 30.3 Å². The molecule has 0 aromatic heterocycles. The standard InChI is InChI=1S/C20H30O6/c1-19(2,17(21)22)10-12-24-14-15-25-13-11-20(3,4)18(23)26-16-8-6-5-7-9-16/h5-9H,10-15H2,1-4H3,(H,21,22). The molecule has 0 fully saturated rings. The molecule has 146 valence electrons. The van der Waals surface area contributed by atoms with Crippen molar-refractivity contribution in [2.75, 3.05) is 26.4 Å². The van der Waals surface area contributed by atoms with Crippen molar-refractivity contribution in [2.24, 2.45) is 10.8 Å². The summed E-state index contributed by atoms with van der Waals surface area (Å²) in [4.78, 5) is 23.2. The number of hydrogen-bond donors (Lipinski definition) is 1. The molecule has 0 saturated carbocycles. The Bertz CT molecular complexity index is 565. The van der Waals surface area contributed by atoms with Crippen molar-refractivity contribution in [1.82, 2.24) is 0 Å². The van der Waals surface area contributed by atoms with Gasteiger partial charge in [-0.15, -0.1) is 0 Å². The van der Waals surface area contributed by atoms with Crippen LogP contribution in [0, 0.1) is 10.8 Å². The zero-order chi connectivity index (χ0) is 19.6. The molecule has 0 atom stereocenters. The summed E-state index contributed by atoms with van der Waals surface area (Å²) in [5.41, 5.74) is -1.44. The molecule has 0 bridgehead atoms. The second-order valence-electron chi connectivity index (χ2n) is 7.50. The van der Waals surface area contributed by atoms with E-state index in [4.69, 9.17) is 19.3 Å². The van der Waals surface area contributed by atoms with Crippen LogP contribution in [0.1, 0.15) is 40.5 Å². The highest BCUT2D eigenvalue weighted by atomic mass is 16.5. The second-order valence-corrected chi connectivity index (χ2v) is 7.50. The number of benzene rings is 1. The van der Waals surface area contributed by atoms with Gasteiger partial charge in [-0.2, -0.15) is 0 Å². The number of carboxylic acid groups (broad SMARTS) is 1. The molecular formula is C20H30O6. The number of ether oxygens (including phenoxy) is 3. The molecule has 0 radical (unpaired) electrons. The van der Waals surface area contributed by atoms with Crippen LogP contribution in [0.25, 0.3) is 0 Å². The van der Waals surface area contributed by atoms with Gasteiger partial charge in [-0.1, -0.05) is 18.2 Å². The third-order valence-corrected chi connectivity index (χ3v) is 4.20. The number of carboxylic acids is 1. The average molecular weight is 366 g/mol. The number of carbonyl (C=O) groups excluding carboxylic acids is 1. The molecule has 0 saturated heterocycles. The summed E-state index contributed by atoms with van der Waals surface area (Å²) in [5, 5.41) is 9.01. The molecule has 6 heteroatoms. The minimum Gasteiger partial charge on any atom is -0.481 e. The number of para-hydroxylation sites is 1. The van der Waals surface area contributed by atoms with E-state index in [1.807, 2.05) is 32.0 Å². The van der Waals surface area contributed by atoms with Crippen molar-refractivity contribution < 1.29 is 28.9 Å². The van der Waals surface area contributed by atoms with Gasteiger partial charge in [0, 0.05) is 13.2 Å². The van der Waals surface area contributed by atoms with Crippen LogP contribution < -0.4 is 4.74 Å². The van der Waals surface area contributed by atoms with Gasteiger partial charge in [-0.25, -0.2) is 0 Å². The van der Waals surface area contributed by atoms with E-state index in [9.17, 15) is 9.59 Å². The van der Waals surface area contributed by atoms with Gasteiger partial charge in [-0.3, -0.25) is 9.59 Å². The fourth-order valence-corrected chi connectivity index (χ4v) is 1.92. The van der Waals surface area contributed by atoms with E-state index < -0.39 is 16.8 Å². The Kier molecular flexibility index (Phi) is 8.75. The SMILES string of the molecule is CC(C)(CCOCCOCCC(C)(C)C(=O)Oc1ccccc1)C(=O)O. The number of esters is 1. The first-order chi connectivity index (χ1) is 12.1. The Morgan fingerprint density at radius 3 is 1.85 bits per heavy atom. The first-order valence-corrected chi connectivity index (χ1v) is 8.81. The predicted molar refractivity (Wildman–Crippen MR) is 98.1 cm³/mol. The van der Waals surface area contributed by atoms with Gasteiger partial charge in [0.1, 0.15) is 5.75 Å². The Morgan fingerprint density at radius 2 is 1.35 bits per heavy atom. The first-order valence-electron chi connectivity index (χ1n) is 8.81. The fraction of sp³-hybridized carbons (Fsp3) is 0.600. The monoisotopic (exact) mass is 366 g/mol. The normalized spacial score (nSPS) is 12.0. The van der Waals surface area contributed by atoms with Crippen molar-refractivity contribution in [3.63, 3.8) is 0 Å². The summed E-state index contributed by atoms with van der Waals surface area (Å²) in [6, 6.07) is 8.98. The molecule has 0 heterocycles. The summed E-state index contributed by atoms with van der Waals surface area (Å²) in [6.07, 6.45) is 0.978. The lowest BCUT2D eigenvalue weighted by molar-refractivity contribution is -0.148. The lowest BCUT2D eigenvalue weighted by Gasteiger charge is -2.22. The van der Waals surface area contributed by atoms with Gasteiger partial charge >= 0.3 is 11.9 Å². The lowest BCUT2D eigenvalue weighted by atomic mass is 9.90. The molecular weight excluding hydrogens is 336 g/mol. The Hall–Kier alpha value is -1.92. The van der Waals surface area contributed by atoms with E-state index in [0.29, 0.717) is 45.0 Å². The third kappa shape index (κ3) is 7.97. The van der Waals surface area contributed by atoms with Crippen LogP contribution >= 0.6 is 0 Å². The van der Waals surface area contributed by atoms with Crippen molar-refractivity contribution in [3.05, 3.63) is 30.3 Å². The smallest absolute Gasteiger partial charge is 0.316 e. The average Bonchev–Trinajstić information content (AvgIpc) is 2.57. The minimum atomic E-state index is -0.832. The molecule has 26 heavy (non-hydrogen) atoms. The fourth-order valence-electron chi connectivity index (χ4n) is 1.92. The van der Waals surface area contributed by atoms with Gasteiger partial charge in [0.25, 0.3) is 0 Å². The Morgan fingerprint density at radius 1 is 0.846 bits per heavy atom. The van der Waals surface area contributed by atoms with E-state index in [2.05, 4.69) is 0 Å². The maximum atomic E-state index is 12.2. The predicted octanol–water partition coefficient (Wildman–Crippen LogP) is 3.54. The zero-order valence-electron chi connectivity index (χ0n) is 16.1. The maximum Gasteiger partial charge on any atom is 0.316 e. The maximum absolute atomic E-state index is 12.2. The highest BCUT2D eigenvalue weighted by Crippen LogP contribution is 2.24. The van der Waals surface area contributed by atoms with Crippen LogP contribution in [0.4, 0.5) is 0 Å². The van der Waals surface area contributed by atoms with Crippen LogP contribution in [-0.2, 0) is 19.1 Å². The van der Waals surface area contributed by atoms with E-state index >= 15 is 0 Å². The van der Waals surface area contributed by atoms with E-state index in [1.54, 1.807) is 26.0 Å². The van der Waals surface area contributed by atoms with Gasteiger partial charge in [0.15, 0.2) is 0 Å². The quantitative estimate of drug-likeness (QED) is 0.346. The van der Waals surface area contributed by atoms with E-state index in [0.717, 1.165) is 0 Å².